The molecule has 2 heterocycles. The molecular weight excluding hydrogens is 232 g/mol. The fourth-order valence-electron chi connectivity index (χ4n) is 2.81. The lowest BCUT2D eigenvalue weighted by Crippen LogP contribution is -2.41. The molecule has 1 aromatic rings. The molecule has 6 heteroatoms. The van der Waals surface area contributed by atoms with E-state index in [9.17, 15) is 10.1 Å². The number of anilines is 1. The van der Waals surface area contributed by atoms with Gasteiger partial charge >= 0.3 is 5.69 Å². The standard InChI is InChI=1S/C12H20N4O2/c1-9-10(16(17)18)11(14(4)13-9)15-7-5-6-12(2,3)8-15/h5-8H2,1-4H3. The van der Waals surface area contributed by atoms with Crippen LogP contribution in [0.2, 0.25) is 0 Å². The second-order valence-electron chi connectivity index (χ2n) is 5.83. The summed E-state index contributed by atoms with van der Waals surface area (Å²) in [6.45, 7) is 7.80. The third-order valence-corrected chi connectivity index (χ3v) is 3.54. The van der Waals surface area contributed by atoms with E-state index in [1.54, 1.807) is 18.7 Å². The maximum absolute atomic E-state index is 11.2. The van der Waals surface area contributed by atoms with Gasteiger partial charge in [0.15, 0.2) is 0 Å². The average Bonchev–Trinajstić information content (AvgIpc) is 2.51. The molecule has 0 amide bonds. The quantitative estimate of drug-likeness (QED) is 0.598. The third-order valence-electron chi connectivity index (χ3n) is 3.54. The Kier molecular flexibility index (Phi) is 3.04. The summed E-state index contributed by atoms with van der Waals surface area (Å²) < 4.78 is 1.63. The van der Waals surface area contributed by atoms with E-state index in [0.717, 1.165) is 25.9 Å². The van der Waals surface area contributed by atoms with E-state index < -0.39 is 0 Å². The van der Waals surface area contributed by atoms with Crippen LogP contribution >= 0.6 is 0 Å². The van der Waals surface area contributed by atoms with Crippen molar-refractivity contribution >= 4 is 11.5 Å². The fraction of sp³-hybridized carbons (Fsp3) is 0.750. The molecule has 0 aliphatic carbocycles. The fourth-order valence-corrected chi connectivity index (χ4v) is 2.81. The number of aryl methyl sites for hydroxylation is 2. The summed E-state index contributed by atoms with van der Waals surface area (Å²) in [7, 11) is 1.77. The van der Waals surface area contributed by atoms with Gasteiger partial charge in [0.25, 0.3) is 0 Å². The van der Waals surface area contributed by atoms with Crippen LogP contribution in [0.25, 0.3) is 0 Å². The molecule has 100 valence electrons. The van der Waals surface area contributed by atoms with Crippen LogP contribution in [0.3, 0.4) is 0 Å². The summed E-state index contributed by atoms with van der Waals surface area (Å²) in [5.74, 6) is 0.644. The van der Waals surface area contributed by atoms with E-state index in [1.807, 2.05) is 0 Å². The highest BCUT2D eigenvalue weighted by Gasteiger charge is 2.34. The van der Waals surface area contributed by atoms with Crippen molar-refractivity contribution in [1.29, 1.82) is 0 Å². The van der Waals surface area contributed by atoms with E-state index in [-0.39, 0.29) is 16.0 Å². The van der Waals surface area contributed by atoms with E-state index >= 15 is 0 Å². The van der Waals surface area contributed by atoms with E-state index in [1.165, 1.54) is 0 Å². The van der Waals surface area contributed by atoms with Gasteiger partial charge in [-0.25, -0.2) is 4.68 Å². The normalized spacial score (nSPS) is 19.0. The van der Waals surface area contributed by atoms with Gasteiger partial charge in [0, 0.05) is 20.1 Å². The van der Waals surface area contributed by atoms with Crippen LogP contribution in [0.15, 0.2) is 0 Å². The second-order valence-corrected chi connectivity index (χ2v) is 5.83. The van der Waals surface area contributed by atoms with Crippen molar-refractivity contribution in [2.45, 2.75) is 33.6 Å². The molecule has 1 saturated heterocycles. The van der Waals surface area contributed by atoms with Gasteiger partial charge in [-0.05, 0) is 25.2 Å². The number of hydrogen-bond acceptors (Lipinski definition) is 4. The molecule has 18 heavy (non-hydrogen) atoms. The molecule has 0 atom stereocenters. The van der Waals surface area contributed by atoms with E-state index in [0.29, 0.717) is 11.5 Å². The predicted molar refractivity (Wildman–Crippen MR) is 69.8 cm³/mol. The van der Waals surface area contributed by atoms with Crippen molar-refractivity contribution in [2.24, 2.45) is 12.5 Å². The predicted octanol–water partition coefficient (Wildman–Crippen LogP) is 2.26. The van der Waals surface area contributed by atoms with Gasteiger partial charge in [-0.15, -0.1) is 0 Å². The maximum atomic E-state index is 11.2. The first kappa shape index (κ1) is 12.9. The Morgan fingerprint density at radius 3 is 2.67 bits per heavy atom. The van der Waals surface area contributed by atoms with Gasteiger partial charge in [-0.1, -0.05) is 13.8 Å². The smallest absolute Gasteiger partial charge is 0.333 e. The third kappa shape index (κ3) is 2.19. The molecule has 0 saturated carbocycles. The molecular formula is C12H20N4O2. The Morgan fingerprint density at radius 2 is 2.11 bits per heavy atom. The number of aromatic nitrogens is 2. The van der Waals surface area contributed by atoms with Crippen molar-refractivity contribution in [1.82, 2.24) is 9.78 Å². The Labute approximate surface area is 107 Å². The van der Waals surface area contributed by atoms with Crippen LogP contribution in [0.5, 0.6) is 0 Å². The first-order chi connectivity index (χ1) is 8.32. The summed E-state index contributed by atoms with van der Waals surface area (Å²) in [5, 5.41) is 15.4. The first-order valence-corrected chi connectivity index (χ1v) is 6.25. The molecule has 2 rings (SSSR count). The van der Waals surface area contributed by atoms with Crippen molar-refractivity contribution < 1.29 is 4.92 Å². The van der Waals surface area contributed by atoms with Crippen LogP contribution in [-0.2, 0) is 7.05 Å². The highest BCUT2D eigenvalue weighted by Crippen LogP contribution is 2.36. The average molecular weight is 252 g/mol. The van der Waals surface area contributed by atoms with Gasteiger partial charge < -0.3 is 4.90 Å². The van der Waals surface area contributed by atoms with Crippen LogP contribution in [0.4, 0.5) is 11.5 Å². The van der Waals surface area contributed by atoms with Crippen LogP contribution in [0.1, 0.15) is 32.4 Å². The SMILES string of the molecule is Cc1nn(C)c(N2CCCC(C)(C)C2)c1[N+](=O)[O-]. The largest absolute Gasteiger partial charge is 0.351 e. The van der Waals surface area contributed by atoms with Crippen LogP contribution in [-0.4, -0.2) is 27.8 Å². The minimum absolute atomic E-state index is 0.148. The second kappa shape index (κ2) is 4.26. The molecule has 6 nitrogen and oxygen atoms in total. The monoisotopic (exact) mass is 252 g/mol. The van der Waals surface area contributed by atoms with Crippen molar-refractivity contribution in [3.63, 3.8) is 0 Å². The lowest BCUT2D eigenvalue weighted by molar-refractivity contribution is -0.384. The summed E-state index contributed by atoms with van der Waals surface area (Å²) >= 11 is 0. The lowest BCUT2D eigenvalue weighted by atomic mass is 9.84. The molecule has 1 aliphatic rings. The number of hydrogen-bond donors (Lipinski definition) is 0. The van der Waals surface area contributed by atoms with Crippen molar-refractivity contribution in [2.75, 3.05) is 18.0 Å². The van der Waals surface area contributed by atoms with E-state index in [4.69, 9.17) is 0 Å². The Morgan fingerprint density at radius 1 is 1.44 bits per heavy atom. The number of piperidine rings is 1. The summed E-state index contributed by atoms with van der Waals surface area (Å²) in [5.41, 5.74) is 0.834. The minimum Gasteiger partial charge on any atom is -0.351 e. The zero-order valence-corrected chi connectivity index (χ0v) is 11.4. The molecule has 1 aromatic heterocycles. The number of nitro groups is 1. The zero-order chi connectivity index (χ0) is 13.5. The minimum atomic E-state index is -0.320. The molecule has 0 unspecified atom stereocenters. The number of rotatable bonds is 2. The molecule has 1 aliphatic heterocycles. The maximum Gasteiger partial charge on any atom is 0.333 e. The van der Waals surface area contributed by atoms with Gasteiger partial charge in [-0.3, -0.25) is 10.1 Å². The Bertz CT molecular complexity index is 479. The van der Waals surface area contributed by atoms with Crippen molar-refractivity contribution in [3.05, 3.63) is 15.8 Å². The van der Waals surface area contributed by atoms with Gasteiger partial charge in [0.05, 0.1) is 4.92 Å². The Hall–Kier alpha value is -1.59. The highest BCUT2D eigenvalue weighted by molar-refractivity contribution is 5.61. The van der Waals surface area contributed by atoms with Gasteiger partial charge in [0.1, 0.15) is 5.69 Å². The number of nitrogens with zero attached hydrogens (tertiary/aromatic N) is 4. The molecule has 0 radical (unpaired) electrons. The van der Waals surface area contributed by atoms with Crippen LogP contribution < -0.4 is 4.90 Å². The molecule has 0 N–H and O–H groups in total. The molecule has 0 aromatic carbocycles. The van der Waals surface area contributed by atoms with Gasteiger partial charge in [-0.2, -0.15) is 5.10 Å². The summed E-state index contributed by atoms with van der Waals surface area (Å²) in [4.78, 5) is 13.0. The molecule has 1 fully saturated rings. The lowest BCUT2D eigenvalue weighted by Gasteiger charge is -2.38. The molecule has 0 spiro atoms. The highest BCUT2D eigenvalue weighted by atomic mass is 16.6. The molecule has 0 bridgehead atoms. The summed E-state index contributed by atoms with van der Waals surface area (Å²) in [6, 6.07) is 0. The zero-order valence-electron chi connectivity index (χ0n) is 11.4. The first-order valence-electron chi connectivity index (χ1n) is 6.25. The summed E-state index contributed by atoms with van der Waals surface area (Å²) in [6.07, 6.45) is 2.22. The van der Waals surface area contributed by atoms with E-state index in [2.05, 4.69) is 23.8 Å². The topological polar surface area (TPSA) is 64.2 Å². The Balaban J connectivity index is 2.41. The van der Waals surface area contributed by atoms with Crippen molar-refractivity contribution in [3.8, 4) is 0 Å². The van der Waals surface area contributed by atoms with Crippen LogP contribution in [0, 0.1) is 22.5 Å². The van der Waals surface area contributed by atoms with Gasteiger partial charge in [0.2, 0.25) is 5.82 Å².